The fourth-order valence-corrected chi connectivity index (χ4v) is 3.06. The minimum Gasteiger partial charge on any atom is -0.300 e. The highest BCUT2D eigenvalue weighted by atomic mass is 79.9. The van der Waals surface area contributed by atoms with Crippen molar-refractivity contribution in [2.75, 3.05) is 18.9 Å². The molecule has 0 N–H and O–H groups in total. The Hall–Kier alpha value is 0.620. The first kappa shape index (κ1) is 10.7. The van der Waals surface area contributed by atoms with Gasteiger partial charge in [-0.2, -0.15) is 0 Å². The molecule has 0 amide bonds. The van der Waals surface area contributed by atoms with Crippen LogP contribution in [0.5, 0.6) is 0 Å². The third-order valence-corrected chi connectivity index (χ3v) is 3.55. The van der Waals surface area contributed by atoms with Gasteiger partial charge in [0.1, 0.15) is 0 Å². The van der Waals surface area contributed by atoms with E-state index in [1.807, 2.05) is 0 Å². The maximum Gasteiger partial charge on any atom is 0.0325 e. The van der Waals surface area contributed by atoms with Crippen LogP contribution in [-0.2, 0) is 6.54 Å². The molecule has 0 aliphatic rings. The highest BCUT2D eigenvalue weighted by molar-refractivity contribution is 9.10. The van der Waals surface area contributed by atoms with Crippen molar-refractivity contribution in [3.05, 3.63) is 20.8 Å². The third kappa shape index (κ3) is 3.56. The van der Waals surface area contributed by atoms with Crippen LogP contribution in [0.3, 0.4) is 0 Å². The van der Waals surface area contributed by atoms with Gasteiger partial charge in [-0.25, -0.2) is 0 Å². The van der Waals surface area contributed by atoms with E-state index in [-0.39, 0.29) is 0 Å². The number of hydrogen-bond donors (Lipinski definition) is 0. The highest BCUT2D eigenvalue weighted by Crippen LogP contribution is 2.20. The fourth-order valence-electron chi connectivity index (χ4n) is 0.926. The molecule has 68 valence electrons. The van der Waals surface area contributed by atoms with Gasteiger partial charge >= 0.3 is 0 Å². The topological polar surface area (TPSA) is 3.24 Å². The Balaban J connectivity index is 2.41. The van der Waals surface area contributed by atoms with Crippen LogP contribution >= 0.6 is 43.2 Å². The molecule has 0 unspecified atom stereocenters. The smallest absolute Gasteiger partial charge is 0.0325 e. The zero-order valence-electron chi connectivity index (χ0n) is 6.89. The molecular weight excluding hydrogens is 302 g/mol. The molecule has 0 bridgehead atoms. The molecule has 1 aromatic rings. The molecule has 0 saturated carbocycles. The molecule has 0 aromatic carbocycles. The summed E-state index contributed by atoms with van der Waals surface area (Å²) in [6, 6.07) is 2.18. The van der Waals surface area contributed by atoms with Crippen LogP contribution in [0, 0.1) is 0 Å². The Kier molecular flexibility index (Phi) is 4.79. The maximum absolute atomic E-state index is 3.44. The lowest BCUT2D eigenvalue weighted by atomic mass is 10.4. The highest BCUT2D eigenvalue weighted by Gasteiger charge is 2.01. The SMILES string of the molecule is CN(CCBr)Cc1cc(Br)cs1. The summed E-state index contributed by atoms with van der Waals surface area (Å²) >= 11 is 8.66. The van der Waals surface area contributed by atoms with Crippen molar-refractivity contribution in [3.63, 3.8) is 0 Å². The molecule has 1 heterocycles. The Morgan fingerprint density at radius 2 is 2.33 bits per heavy atom. The van der Waals surface area contributed by atoms with Crippen molar-refractivity contribution < 1.29 is 0 Å². The van der Waals surface area contributed by atoms with Gasteiger partial charge in [0.15, 0.2) is 0 Å². The van der Waals surface area contributed by atoms with Gasteiger partial charge in [0.2, 0.25) is 0 Å². The average Bonchev–Trinajstić information content (AvgIpc) is 2.36. The van der Waals surface area contributed by atoms with Gasteiger partial charge in [-0.3, -0.25) is 0 Å². The Bertz CT molecular complexity index is 237. The van der Waals surface area contributed by atoms with Crippen LogP contribution < -0.4 is 0 Å². The lowest BCUT2D eigenvalue weighted by molar-refractivity contribution is 0.353. The lowest BCUT2D eigenvalue weighted by Gasteiger charge is -2.12. The number of nitrogens with zero attached hydrogens (tertiary/aromatic N) is 1. The van der Waals surface area contributed by atoms with Crippen LogP contribution in [0.1, 0.15) is 4.88 Å². The van der Waals surface area contributed by atoms with E-state index in [1.165, 1.54) is 9.35 Å². The lowest BCUT2D eigenvalue weighted by Crippen LogP contribution is -2.19. The van der Waals surface area contributed by atoms with Gasteiger partial charge < -0.3 is 4.90 Å². The van der Waals surface area contributed by atoms with Gasteiger partial charge in [0, 0.05) is 33.1 Å². The molecule has 0 saturated heterocycles. The number of alkyl halides is 1. The van der Waals surface area contributed by atoms with Crippen LogP contribution in [-0.4, -0.2) is 23.8 Å². The second-order valence-electron chi connectivity index (χ2n) is 2.66. The van der Waals surface area contributed by atoms with E-state index in [4.69, 9.17) is 0 Å². The number of rotatable bonds is 4. The molecule has 1 aromatic heterocycles. The van der Waals surface area contributed by atoms with Crippen LogP contribution in [0.4, 0.5) is 0 Å². The first-order valence-corrected chi connectivity index (χ1v) is 6.49. The molecule has 0 fully saturated rings. The van der Waals surface area contributed by atoms with Crippen molar-refractivity contribution >= 4 is 43.2 Å². The van der Waals surface area contributed by atoms with E-state index < -0.39 is 0 Å². The third-order valence-electron chi connectivity index (χ3n) is 1.51. The van der Waals surface area contributed by atoms with Gasteiger partial charge in [-0.15, -0.1) is 11.3 Å². The van der Waals surface area contributed by atoms with Crippen molar-refractivity contribution in [1.29, 1.82) is 0 Å². The molecule has 4 heteroatoms. The molecule has 0 radical (unpaired) electrons. The first-order chi connectivity index (χ1) is 5.72. The second kappa shape index (κ2) is 5.37. The molecule has 0 aliphatic carbocycles. The molecule has 1 nitrogen and oxygen atoms in total. The maximum atomic E-state index is 3.44. The van der Waals surface area contributed by atoms with Gasteiger partial charge in [-0.1, -0.05) is 15.9 Å². The van der Waals surface area contributed by atoms with Crippen molar-refractivity contribution in [2.24, 2.45) is 0 Å². The van der Waals surface area contributed by atoms with Crippen molar-refractivity contribution in [2.45, 2.75) is 6.54 Å². The monoisotopic (exact) mass is 311 g/mol. The number of halogens is 2. The summed E-state index contributed by atoms with van der Waals surface area (Å²) in [5.74, 6) is 0. The zero-order chi connectivity index (χ0) is 8.97. The minimum atomic E-state index is 1.04. The molecule has 0 aliphatic heterocycles. The Labute approximate surface area is 94.0 Å². The second-order valence-corrected chi connectivity index (χ2v) is 5.36. The molecule has 0 atom stereocenters. The van der Waals surface area contributed by atoms with Crippen molar-refractivity contribution in [1.82, 2.24) is 4.90 Å². The summed E-state index contributed by atoms with van der Waals surface area (Å²) in [5, 5.41) is 3.16. The number of thiophene rings is 1. The summed E-state index contributed by atoms with van der Waals surface area (Å²) in [6.45, 7) is 2.14. The average molecular weight is 313 g/mol. The summed E-state index contributed by atoms with van der Waals surface area (Å²) < 4.78 is 1.19. The van der Waals surface area contributed by atoms with Gasteiger partial charge in [0.25, 0.3) is 0 Å². The molecule has 12 heavy (non-hydrogen) atoms. The van der Waals surface area contributed by atoms with Crippen LogP contribution in [0.2, 0.25) is 0 Å². The van der Waals surface area contributed by atoms with E-state index >= 15 is 0 Å². The molecule has 1 rings (SSSR count). The first-order valence-electron chi connectivity index (χ1n) is 3.70. The zero-order valence-corrected chi connectivity index (χ0v) is 10.9. The van der Waals surface area contributed by atoms with E-state index in [9.17, 15) is 0 Å². The van der Waals surface area contributed by atoms with E-state index in [0.29, 0.717) is 0 Å². The van der Waals surface area contributed by atoms with Crippen molar-refractivity contribution in [3.8, 4) is 0 Å². The van der Waals surface area contributed by atoms with Crippen LogP contribution in [0.25, 0.3) is 0 Å². The van der Waals surface area contributed by atoms with Gasteiger partial charge in [-0.05, 0) is 29.0 Å². The predicted molar refractivity (Wildman–Crippen MR) is 62.1 cm³/mol. The molecular formula is C8H11Br2NS. The quantitative estimate of drug-likeness (QED) is 0.771. The van der Waals surface area contributed by atoms with E-state index in [2.05, 4.69) is 55.3 Å². The minimum absolute atomic E-state index is 1.04. The Morgan fingerprint density at radius 3 is 2.83 bits per heavy atom. The summed E-state index contributed by atoms with van der Waals surface area (Å²) in [4.78, 5) is 3.71. The molecule has 0 spiro atoms. The standard InChI is InChI=1S/C8H11Br2NS/c1-11(3-2-9)5-8-4-7(10)6-12-8/h4,6H,2-3,5H2,1H3. The largest absolute Gasteiger partial charge is 0.300 e. The normalized spacial score (nSPS) is 11.0. The number of hydrogen-bond acceptors (Lipinski definition) is 2. The van der Waals surface area contributed by atoms with Gasteiger partial charge in [0.05, 0.1) is 0 Å². The summed E-state index contributed by atoms with van der Waals surface area (Å²) in [7, 11) is 2.13. The van der Waals surface area contributed by atoms with Crippen LogP contribution in [0.15, 0.2) is 15.9 Å². The summed E-state index contributed by atoms with van der Waals surface area (Å²) in [6.07, 6.45) is 0. The fraction of sp³-hybridized carbons (Fsp3) is 0.500. The predicted octanol–water partition coefficient (Wildman–Crippen LogP) is 3.34. The Morgan fingerprint density at radius 1 is 1.58 bits per heavy atom. The van der Waals surface area contributed by atoms with E-state index in [0.717, 1.165) is 18.4 Å². The van der Waals surface area contributed by atoms with E-state index in [1.54, 1.807) is 11.3 Å². The summed E-state index contributed by atoms with van der Waals surface area (Å²) in [5.41, 5.74) is 0.